The van der Waals surface area contributed by atoms with E-state index in [4.69, 9.17) is 0 Å². The van der Waals surface area contributed by atoms with Crippen LogP contribution in [0.3, 0.4) is 0 Å². The molecule has 0 bridgehead atoms. The molecule has 1 N–H and O–H groups in total. The molecule has 0 atom stereocenters. The number of nitrogens with one attached hydrogen (secondary N) is 1. The van der Waals surface area contributed by atoms with E-state index < -0.39 is 0 Å². The predicted octanol–water partition coefficient (Wildman–Crippen LogP) is 1.45. The monoisotopic (exact) mass is 227 g/mol. The highest BCUT2D eigenvalue weighted by molar-refractivity contribution is 5.93. The molecule has 86 valence electrons. The van der Waals surface area contributed by atoms with Crippen LogP contribution in [0.5, 0.6) is 0 Å². The predicted molar refractivity (Wildman–Crippen MR) is 64.5 cm³/mol. The van der Waals surface area contributed by atoms with Crippen molar-refractivity contribution in [2.45, 2.75) is 6.42 Å². The lowest BCUT2D eigenvalue weighted by atomic mass is 10.2. The summed E-state index contributed by atoms with van der Waals surface area (Å²) in [7, 11) is 0. The Morgan fingerprint density at radius 2 is 1.94 bits per heavy atom. The van der Waals surface area contributed by atoms with E-state index in [1.54, 1.807) is 30.7 Å². The van der Waals surface area contributed by atoms with Gasteiger partial charge in [-0.2, -0.15) is 0 Å². The second-order valence-corrected chi connectivity index (χ2v) is 3.56. The van der Waals surface area contributed by atoms with Crippen molar-refractivity contribution in [2.24, 2.45) is 0 Å². The van der Waals surface area contributed by atoms with Gasteiger partial charge in [0.15, 0.2) is 0 Å². The van der Waals surface area contributed by atoms with Gasteiger partial charge in [-0.3, -0.25) is 14.8 Å². The summed E-state index contributed by atoms with van der Waals surface area (Å²) in [6.07, 6.45) is 5.69. The van der Waals surface area contributed by atoms with Crippen LogP contribution in [0.25, 0.3) is 0 Å². The molecular weight excluding hydrogens is 214 g/mol. The molecule has 0 aliphatic heterocycles. The van der Waals surface area contributed by atoms with Crippen molar-refractivity contribution in [3.63, 3.8) is 0 Å². The molecule has 0 unspecified atom stereocenters. The Labute approximate surface area is 99.7 Å². The summed E-state index contributed by atoms with van der Waals surface area (Å²) >= 11 is 0. The van der Waals surface area contributed by atoms with E-state index in [0.29, 0.717) is 12.1 Å². The molecule has 4 heteroatoms. The first-order valence-corrected chi connectivity index (χ1v) is 5.44. The molecule has 0 saturated carbocycles. The maximum atomic E-state index is 11.7. The Morgan fingerprint density at radius 3 is 2.65 bits per heavy atom. The Balaban J connectivity index is 1.82. The van der Waals surface area contributed by atoms with E-state index >= 15 is 0 Å². The van der Waals surface area contributed by atoms with Gasteiger partial charge in [0.25, 0.3) is 5.91 Å². The molecule has 2 aromatic heterocycles. The van der Waals surface area contributed by atoms with Crippen LogP contribution in [-0.2, 0) is 6.42 Å². The standard InChI is InChI=1S/C13H13N3O/c17-13(11-4-8-14-9-5-11)16-10-6-12-3-1-2-7-15-12/h1-5,7-9H,6,10H2,(H,16,17). The quantitative estimate of drug-likeness (QED) is 0.860. The molecule has 4 nitrogen and oxygen atoms in total. The summed E-state index contributed by atoms with van der Waals surface area (Å²) in [5.41, 5.74) is 1.60. The van der Waals surface area contributed by atoms with Crippen LogP contribution in [0.1, 0.15) is 16.1 Å². The molecular formula is C13H13N3O. The third-order valence-electron chi connectivity index (χ3n) is 2.34. The van der Waals surface area contributed by atoms with Crippen LogP contribution in [-0.4, -0.2) is 22.4 Å². The fraction of sp³-hybridized carbons (Fsp3) is 0.154. The SMILES string of the molecule is O=C(NCCc1ccccn1)c1ccncc1. The van der Waals surface area contributed by atoms with Crippen LogP contribution in [0.15, 0.2) is 48.9 Å². The van der Waals surface area contributed by atoms with E-state index in [2.05, 4.69) is 15.3 Å². The van der Waals surface area contributed by atoms with Crippen molar-refractivity contribution < 1.29 is 4.79 Å². The van der Waals surface area contributed by atoms with Gasteiger partial charge in [-0.05, 0) is 24.3 Å². The zero-order valence-electron chi connectivity index (χ0n) is 9.34. The summed E-state index contributed by atoms with van der Waals surface area (Å²) in [5.74, 6) is -0.0802. The number of hydrogen-bond donors (Lipinski definition) is 1. The number of nitrogens with zero attached hydrogens (tertiary/aromatic N) is 2. The average Bonchev–Trinajstić information content (AvgIpc) is 2.41. The number of rotatable bonds is 4. The summed E-state index contributed by atoms with van der Waals surface area (Å²) < 4.78 is 0. The second-order valence-electron chi connectivity index (χ2n) is 3.56. The third kappa shape index (κ3) is 3.38. The van der Waals surface area contributed by atoms with Gasteiger partial charge in [0, 0.05) is 42.8 Å². The number of carbonyl (C=O) groups excluding carboxylic acids is 1. The summed E-state index contributed by atoms with van der Waals surface area (Å²) in [6, 6.07) is 9.14. The average molecular weight is 227 g/mol. The van der Waals surface area contributed by atoms with Gasteiger partial charge in [-0.25, -0.2) is 0 Å². The fourth-order valence-electron chi connectivity index (χ4n) is 1.46. The van der Waals surface area contributed by atoms with Crippen molar-refractivity contribution in [1.29, 1.82) is 0 Å². The maximum absolute atomic E-state index is 11.7. The molecule has 0 fully saturated rings. The van der Waals surface area contributed by atoms with Crippen LogP contribution >= 0.6 is 0 Å². The topological polar surface area (TPSA) is 54.9 Å². The maximum Gasteiger partial charge on any atom is 0.251 e. The molecule has 0 spiro atoms. The molecule has 0 aliphatic carbocycles. The van der Waals surface area contributed by atoms with Crippen molar-refractivity contribution in [2.75, 3.05) is 6.54 Å². The molecule has 1 amide bonds. The van der Waals surface area contributed by atoms with Crippen LogP contribution in [0, 0.1) is 0 Å². The molecule has 0 aliphatic rings. The molecule has 0 aromatic carbocycles. The molecule has 2 rings (SSSR count). The van der Waals surface area contributed by atoms with Crippen molar-refractivity contribution in [1.82, 2.24) is 15.3 Å². The Morgan fingerprint density at radius 1 is 1.12 bits per heavy atom. The number of hydrogen-bond acceptors (Lipinski definition) is 3. The third-order valence-corrected chi connectivity index (χ3v) is 2.34. The second kappa shape index (κ2) is 5.75. The molecule has 2 heterocycles. The lowest BCUT2D eigenvalue weighted by Crippen LogP contribution is -2.25. The van der Waals surface area contributed by atoms with Gasteiger partial charge in [0.2, 0.25) is 0 Å². The van der Waals surface area contributed by atoms with E-state index in [0.717, 1.165) is 12.1 Å². The zero-order valence-corrected chi connectivity index (χ0v) is 9.34. The number of aromatic nitrogens is 2. The highest BCUT2D eigenvalue weighted by Crippen LogP contribution is 1.97. The summed E-state index contributed by atoms with van der Waals surface area (Å²) in [5, 5.41) is 2.84. The minimum atomic E-state index is -0.0802. The highest BCUT2D eigenvalue weighted by atomic mass is 16.1. The highest BCUT2D eigenvalue weighted by Gasteiger charge is 2.03. The zero-order chi connectivity index (χ0) is 11.9. The largest absolute Gasteiger partial charge is 0.352 e. The van der Waals surface area contributed by atoms with Gasteiger partial charge in [0.05, 0.1) is 0 Å². The van der Waals surface area contributed by atoms with Gasteiger partial charge in [0.1, 0.15) is 0 Å². The van der Waals surface area contributed by atoms with E-state index in [9.17, 15) is 4.79 Å². The summed E-state index contributed by atoms with van der Waals surface area (Å²) in [4.78, 5) is 19.7. The van der Waals surface area contributed by atoms with E-state index in [1.165, 1.54) is 0 Å². The van der Waals surface area contributed by atoms with Crippen molar-refractivity contribution in [3.8, 4) is 0 Å². The number of pyridine rings is 2. The Kier molecular flexibility index (Phi) is 3.81. The molecule has 0 saturated heterocycles. The minimum absolute atomic E-state index is 0.0802. The van der Waals surface area contributed by atoms with Gasteiger partial charge < -0.3 is 5.32 Å². The van der Waals surface area contributed by atoms with E-state index in [-0.39, 0.29) is 5.91 Å². The normalized spacial score (nSPS) is 9.88. The Bertz CT molecular complexity index is 471. The van der Waals surface area contributed by atoms with Crippen LogP contribution in [0.4, 0.5) is 0 Å². The first-order valence-electron chi connectivity index (χ1n) is 5.44. The molecule has 2 aromatic rings. The van der Waals surface area contributed by atoms with Crippen LogP contribution in [0.2, 0.25) is 0 Å². The van der Waals surface area contributed by atoms with Gasteiger partial charge in [-0.15, -0.1) is 0 Å². The number of carbonyl (C=O) groups is 1. The number of amides is 1. The smallest absolute Gasteiger partial charge is 0.251 e. The molecule has 0 radical (unpaired) electrons. The fourth-order valence-corrected chi connectivity index (χ4v) is 1.46. The minimum Gasteiger partial charge on any atom is -0.352 e. The lowest BCUT2D eigenvalue weighted by Gasteiger charge is -2.04. The van der Waals surface area contributed by atoms with Gasteiger partial charge >= 0.3 is 0 Å². The van der Waals surface area contributed by atoms with E-state index in [1.807, 2.05) is 18.2 Å². The lowest BCUT2D eigenvalue weighted by molar-refractivity contribution is 0.0954. The summed E-state index contributed by atoms with van der Waals surface area (Å²) in [6.45, 7) is 0.582. The molecule has 17 heavy (non-hydrogen) atoms. The van der Waals surface area contributed by atoms with Crippen molar-refractivity contribution >= 4 is 5.91 Å². The van der Waals surface area contributed by atoms with Crippen LogP contribution < -0.4 is 5.32 Å². The first kappa shape index (κ1) is 11.3. The van der Waals surface area contributed by atoms with Gasteiger partial charge in [-0.1, -0.05) is 6.07 Å². The van der Waals surface area contributed by atoms with Crippen molar-refractivity contribution in [3.05, 3.63) is 60.2 Å². The first-order chi connectivity index (χ1) is 8.36. The Hall–Kier alpha value is -2.23.